The number of nitrogens with zero attached hydrogens (tertiary/aromatic N) is 5. The Morgan fingerprint density at radius 2 is 1.84 bits per heavy atom. The first-order valence-corrected chi connectivity index (χ1v) is 18.0. The smallest absolute Gasteiger partial charge is 0.390 e. The van der Waals surface area contributed by atoms with Crippen molar-refractivity contribution >= 4 is 27.7 Å². The van der Waals surface area contributed by atoms with Gasteiger partial charge in [-0.15, -0.1) is 11.8 Å². The van der Waals surface area contributed by atoms with Gasteiger partial charge in [0.05, 0.1) is 43.4 Å². The van der Waals surface area contributed by atoms with E-state index in [1.54, 1.807) is 4.68 Å². The molecule has 3 N–H and O–H groups in total. The number of piperidine rings is 1. The SMILES string of the molecule is CS(=O)(=O)N1CCc2c(c(-c3ccc(C(F)(F)F)c(SCCN4CCC(C(N)=O)CC4)c3)nn2C[C@@H](O)CN2CCOCC2)C1. The molecule has 4 heterocycles. The number of rotatable bonds is 11. The van der Waals surface area contributed by atoms with Crippen molar-refractivity contribution in [3.05, 3.63) is 35.0 Å². The van der Waals surface area contributed by atoms with E-state index in [4.69, 9.17) is 15.6 Å². The molecule has 11 nitrogen and oxygen atoms in total. The number of halogens is 3. The first-order valence-electron chi connectivity index (χ1n) is 15.2. The molecule has 16 heteroatoms. The number of carbonyl (C=O) groups is 1. The number of benzene rings is 1. The third kappa shape index (κ3) is 8.58. The highest BCUT2D eigenvalue weighted by Crippen LogP contribution is 2.40. The van der Waals surface area contributed by atoms with Crippen LogP contribution in [-0.2, 0) is 45.2 Å². The van der Waals surface area contributed by atoms with Crippen molar-refractivity contribution in [3.63, 3.8) is 0 Å². The molecule has 0 unspecified atom stereocenters. The maximum absolute atomic E-state index is 14.1. The summed E-state index contributed by atoms with van der Waals surface area (Å²) < 4.78 is 75.5. The molecule has 2 aromatic rings. The van der Waals surface area contributed by atoms with Gasteiger partial charge in [0.2, 0.25) is 15.9 Å². The summed E-state index contributed by atoms with van der Waals surface area (Å²) in [7, 11) is -3.52. The lowest BCUT2D eigenvalue weighted by Crippen LogP contribution is -2.42. The molecule has 1 atom stereocenters. The first kappa shape index (κ1) is 34.1. The molecule has 1 aromatic heterocycles. The van der Waals surface area contributed by atoms with Crippen LogP contribution >= 0.6 is 11.8 Å². The predicted molar refractivity (Wildman–Crippen MR) is 164 cm³/mol. The van der Waals surface area contributed by atoms with Crippen LogP contribution in [0, 0.1) is 5.92 Å². The van der Waals surface area contributed by atoms with Gasteiger partial charge in [-0.2, -0.15) is 22.6 Å². The maximum atomic E-state index is 14.1. The number of β-amino-alcohol motifs (C(OH)–C–C–N with tert-alkyl or cyclic N) is 1. The number of thioether (sulfide) groups is 1. The predicted octanol–water partition coefficient (Wildman–Crippen LogP) is 1.87. The van der Waals surface area contributed by atoms with Crippen LogP contribution < -0.4 is 5.73 Å². The Balaban J connectivity index is 1.39. The van der Waals surface area contributed by atoms with E-state index in [2.05, 4.69) is 9.80 Å². The lowest BCUT2D eigenvalue weighted by Gasteiger charge is -2.30. The minimum atomic E-state index is -4.56. The van der Waals surface area contributed by atoms with Crippen molar-refractivity contribution in [2.75, 3.05) is 71.0 Å². The van der Waals surface area contributed by atoms with Crippen LogP contribution in [0.4, 0.5) is 13.2 Å². The molecule has 5 rings (SSSR count). The molecular weight excluding hydrogens is 633 g/mol. The summed E-state index contributed by atoms with van der Waals surface area (Å²) in [5.41, 5.74) is 6.97. The van der Waals surface area contributed by atoms with E-state index >= 15 is 0 Å². The van der Waals surface area contributed by atoms with Crippen LogP contribution in [-0.4, -0.2) is 120 Å². The molecule has 3 aliphatic rings. The fourth-order valence-electron chi connectivity index (χ4n) is 6.22. The summed E-state index contributed by atoms with van der Waals surface area (Å²) in [5, 5.41) is 15.7. The van der Waals surface area contributed by atoms with Crippen molar-refractivity contribution in [1.29, 1.82) is 0 Å². The average Bonchev–Trinajstić information content (AvgIpc) is 3.34. The van der Waals surface area contributed by atoms with E-state index in [-0.39, 0.29) is 36.4 Å². The molecule has 250 valence electrons. The zero-order valence-corrected chi connectivity index (χ0v) is 27.0. The van der Waals surface area contributed by atoms with Gasteiger partial charge in [-0.25, -0.2) is 8.42 Å². The lowest BCUT2D eigenvalue weighted by molar-refractivity contribution is -0.139. The van der Waals surface area contributed by atoms with Gasteiger partial charge in [-0.1, -0.05) is 6.07 Å². The molecule has 0 aliphatic carbocycles. The van der Waals surface area contributed by atoms with Gasteiger partial charge < -0.3 is 20.5 Å². The summed E-state index contributed by atoms with van der Waals surface area (Å²) in [6.45, 7) is 5.39. The number of carbonyl (C=O) groups excluding carboxylic acids is 1. The maximum Gasteiger partial charge on any atom is 0.417 e. The Hall–Kier alpha value is -2.21. The van der Waals surface area contributed by atoms with E-state index in [0.717, 1.165) is 29.8 Å². The number of ether oxygens (including phenoxy) is 1. The van der Waals surface area contributed by atoms with E-state index < -0.39 is 27.9 Å². The Kier molecular flexibility index (Phi) is 10.8. The lowest BCUT2D eigenvalue weighted by atomic mass is 9.96. The molecule has 1 aromatic carbocycles. The highest BCUT2D eigenvalue weighted by molar-refractivity contribution is 7.99. The highest BCUT2D eigenvalue weighted by atomic mass is 32.2. The standard InChI is InChI=1S/C29H41F3N6O5S2/c1-45(41,42)37-9-6-25-23(19-37)27(34-38(25)18-22(39)17-36-10-13-43-14-11-36)21-2-3-24(29(30,31)32)26(16-21)44-15-12-35-7-4-20(5-8-35)28(33)40/h2-3,16,20,22,39H,4-15,17-19H2,1H3,(H2,33,40)/t22-/m0/s1. The number of aliphatic hydroxyl groups excluding tert-OH is 1. The number of likely N-dealkylation sites (tertiary alicyclic amines) is 1. The monoisotopic (exact) mass is 674 g/mol. The third-order valence-electron chi connectivity index (χ3n) is 8.74. The molecule has 0 radical (unpaired) electrons. The number of hydrogen-bond acceptors (Lipinski definition) is 9. The van der Waals surface area contributed by atoms with Crippen molar-refractivity contribution < 1.29 is 36.2 Å². The Bertz CT molecular complexity index is 1460. The van der Waals surface area contributed by atoms with E-state index in [1.165, 1.54) is 16.4 Å². The van der Waals surface area contributed by atoms with Crippen molar-refractivity contribution in [2.45, 2.75) is 49.5 Å². The molecule has 2 fully saturated rings. The Morgan fingerprint density at radius 3 is 2.49 bits per heavy atom. The average molecular weight is 675 g/mol. The van der Waals surface area contributed by atoms with Crippen LogP contribution in [0.15, 0.2) is 23.1 Å². The number of aliphatic hydroxyl groups is 1. The van der Waals surface area contributed by atoms with Crippen LogP contribution in [0.1, 0.15) is 29.7 Å². The summed E-state index contributed by atoms with van der Waals surface area (Å²) >= 11 is 1.11. The largest absolute Gasteiger partial charge is 0.417 e. The zero-order valence-electron chi connectivity index (χ0n) is 25.3. The zero-order chi connectivity index (χ0) is 32.4. The first-order chi connectivity index (χ1) is 21.3. The number of morpholine rings is 1. The molecular formula is C29H41F3N6O5S2. The van der Waals surface area contributed by atoms with Crippen molar-refractivity contribution in [2.24, 2.45) is 11.7 Å². The Morgan fingerprint density at radius 1 is 1.13 bits per heavy atom. The van der Waals surface area contributed by atoms with Gasteiger partial charge in [0, 0.05) is 79.1 Å². The Labute approximate surface area is 265 Å². The van der Waals surface area contributed by atoms with Gasteiger partial charge in [0.25, 0.3) is 0 Å². The van der Waals surface area contributed by atoms with Gasteiger partial charge in [0.1, 0.15) is 0 Å². The fourth-order valence-corrected chi connectivity index (χ4v) is 8.13. The van der Waals surface area contributed by atoms with Crippen LogP contribution in [0.3, 0.4) is 0 Å². The summed E-state index contributed by atoms with van der Waals surface area (Å²) in [4.78, 5) is 15.8. The summed E-state index contributed by atoms with van der Waals surface area (Å²) in [6, 6.07) is 3.94. The summed E-state index contributed by atoms with van der Waals surface area (Å²) in [5.74, 6) is -0.0607. The number of amides is 1. The third-order valence-corrected chi connectivity index (χ3v) is 11.0. The normalized spacial score (nSPS) is 20.3. The second-order valence-corrected chi connectivity index (χ2v) is 15.1. The molecule has 0 bridgehead atoms. The van der Waals surface area contributed by atoms with Gasteiger partial charge in [-0.05, 0) is 38.1 Å². The van der Waals surface area contributed by atoms with E-state index in [9.17, 15) is 31.5 Å². The van der Waals surface area contributed by atoms with E-state index in [1.807, 2.05) is 0 Å². The number of fused-ring (bicyclic) bond motifs is 1. The van der Waals surface area contributed by atoms with Crippen LogP contribution in [0.2, 0.25) is 0 Å². The number of primary amides is 1. The second-order valence-electron chi connectivity index (χ2n) is 11.9. The summed E-state index contributed by atoms with van der Waals surface area (Å²) in [6.07, 6.45) is -2.52. The number of hydrogen-bond donors (Lipinski definition) is 2. The second kappa shape index (κ2) is 14.3. The molecule has 45 heavy (non-hydrogen) atoms. The molecule has 0 spiro atoms. The van der Waals surface area contributed by atoms with Crippen LogP contribution in [0.25, 0.3) is 11.3 Å². The molecule has 1 amide bonds. The van der Waals surface area contributed by atoms with Gasteiger partial charge >= 0.3 is 6.18 Å². The van der Waals surface area contributed by atoms with E-state index in [0.29, 0.717) is 94.3 Å². The number of aromatic nitrogens is 2. The minimum Gasteiger partial charge on any atom is -0.390 e. The molecule has 0 saturated carbocycles. The molecule has 2 saturated heterocycles. The van der Waals surface area contributed by atoms with Gasteiger partial charge in [0.15, 0.2) is 0 Å². The highest BCUT2D eigenvalue weighted by Gasteiger charge is 2.35. The van der Waals surface area contributed by atoms with Crippen LogP contribution in [0.5, 0.6) is 0 Å². The minimum absolute atomic E-state index is 0.0494. The number of sulfonamides is 1. The van der Waals surface area contributed by atoms with Gasteiger partial charge in [-0.3, -0.25) is 14.4 Å². The quantitative estimate of drug-likeness (QED) is 0.343. The van der Waals surface area contributed by atoms with Crippen molar-refractivity contribution in [3.8, 4) is 11.3 Å². The molecule has 3 aliphatic heterocycles. The topological polar surface area (TPSA) is 134 Å². The van der Waals surface area contributed by atoms with Crippen molar-refractivity contribution in [1.82, 2.24) is 23.9 Å². The number of alkyl halides is 3. The number of nitrogens with two attached hydrogens (primary N) is 1. The fraction of sp³-hybridized carbons (Fsp3) is 0.655.